The molecule has 94 valence electrons. The highest BCUT2D eigenvalue weighted by atomic mass is 16.1. The van der Waals surface area contributed by atoms with Crippen LogP contribution in [0.1, 0.15) is 43.7 Å². The molecule has 2 nitrogen and oxygen atoms in total. The number of hydrogen-bond donors (Lipinski definition) is 1. The van der Waals surface area contributed by atoms with E-state index in [1.807, 2.05) is 32.9 Å². The fourth-order valence-corrected chi connectivity index (χ4v) is 1.34. The summed E-state index contributed by atoms with van der Waals surface area (Å²) >= 11 is 0. The topological polar surface area (TPSA) is 29.1 Å². The van der Waals surface area contributed by atoms with E-state index in [0.717, 1.165) is 11.1 Å². The molecule has 0 bridgehead atoms. The van der Waals surface area contributed by atoms with Crippen LogP contribution in [0.3, 0.4) is 0 Å². The van der Waals surface area contributed by atoms with Crippen LogP contribution in [0.2, 0.25) is 0 Å². The maximum Gasteiger partial charge on any atom is 0.251 e. The van der Waals surface area contributed by atoms with Crippen molar-refractivity contribution >= 4 is 18.1 Å². The van der Waals surface area contributed by atoms with Crippen LogP contribution in [-0.2, 0) is 0 Å². The second kappa shape index (κ2) is 8.34. The van der Waals surface area contributed by atoms with E-state index in [2.05, 4.69) is 18.5 Å². The number of carbonyl (C=O) groups excluding carboxylic acids is 1. The van der Waals surface area contributed by atoms with Gasteiger partial charge >= 0.3 is 0 Å². The minimum absolute atomic E-state index is 0. The van der Waals surface area contributed by atoms with Crippen LogP contribution in [0.5, 0.6) is 0 Å². The van der Waals surface area contributed by atoms with Crippen molar-refractivity contribution in [2.24, 2.45) is 0 Å². The SMILES string of the molecule is C=Cc1ccc(C(=O)NCC)cc1C=C.CC.[HH]. The van der Waals surface area contributed by atoms with E-state index in [-0.39, 0.29) is 7.33 Å². The lowest BCUT2D eigenvalue weighted by molar-refractivity contribution is 0.0956. The standard InChI is InChI=1S/C13H15NO.C2H6.H2/c1-4-10-7-8-12(9-11(10)5-2)13(15)14-6-3;1-2;/h4-5,7-9H,1-2,6H2,3H3,(H,14,15);1-2H3;1H. The molecule has 0 aliphatic rings. The van der Waals surface area contributed by atoms with Gasteiger partial charge in [0.25, 0.3) is 5.91 Å². The number of benzene rings is 1. The van der Waals surface area contributed by atoms with Crippen LogP contribution in [0.15, 0.2) is 31.4 Å². The predicted molar refractivity (Wildman–Crippen MR) is 78.1 cm³/mol. The van der Waals surface area contributed by atoms with Gasteiger partial charge in [-0.3, -0.25) is 4.79 Å². The van der Waals surface area contributed by atoms with Crippen LogP contribution in [0, 0.1) is 0 Å². The molecular formula is C15H23NO. The van der Waals surface area contributed by atoms with E-state index in [9.17, 15) is 4.79 Å². The molecule has 0 aliphatic heterocycles. The van der Waals surface area contributed by atoms with Gasteiger partial charge in [0.2, 0.25) is 0 Å². The number of hydrogen-bond acceptors (Lipinski definition) is 1. The van der Waals surface area contributed by atoms with Crippen molar-refractivity contribution in [3.05, 3.63) is 48.0 Å². The molecule has 17 heavy (non-hydrogen) atoms. The third-order valence-corrected chi connectivity index (χ3v) is 2.13. The van der Waals surface area contributed by atoms with Crippen molar-refractivity contribution in [3.8, 4) is 0 Å². The quantitative estimate of drug-likeness (QED) is 0.837. The van der Waals surface area contributed by atoms with E-state index in [1.54, 1.807) is 18.2 Å². The third-order valence-electron chi connectivity index (χ3n) is 2.13. The zero-order valence-electron chi connectivity index (χ0n) is 10.9. The number of rotatable bonds is 4. The molecule has 1 amide bonds. The van der Waals surface area contributed by atoms with E-state index in [1.165, 1.54) is 0 Å². The van der Waals surface area contributed by atoms with Crippen LogP contribution in [0.4, 0.5) is 0 Å². The lowest BCUT2D eigenvalue weighted by Crippen LogP contribution is -2.22. The lowest BCUT2D eigenvalue weighted by atomic mass is 10.0. The molecule has 1 N–H and O–H groups in total. The van der Waals surface area contributed by atoms with E-state index < -0.39 is 0 Å². The summed E-state index contributed by atoms with van der Waals surface area (Å²) in [5.74, 6) is -0.0591. The first-order chi connectivity index (χ1) is 8.22. The molecule has 0 saturated heterocycles. The molecule has 1 rings (SSSR count). The fourth-order valence-electron chi connectivity index (χ4n) is 1.34. The molecule has 2 heteroatoms. The number of nitrogens with one attached hydrogen (secondary N) is 1. The summed E-state index contributed by atoms with van der Waals surface area (Å²) in [5.41, 5.74) is 2.56. The van der Waals surface area contributed by atoms with Gasteiger partial charge in [0, 0.05) is 13.5 Å². The Morgan fingerprint density at radius 3 is 2.35 bits per heavy atom. The van der Waals surface area contributed by atoms with E-state index in [0.29, 0.717) is 12.1 Å². The Balaban J connectivity index is 0. The number of amides is 1. The van der Waals surface area contributed by atoms with Crippen LogP contribution >= 0.6 is 0 Å². The molecule has 0 radical (unpaired) electrons. The predicted octanol–water partition coefficient (Wildman–Crippen LogP) is 3.99. The van der Waals surface area contributed by atoms with Crippen LogP contribution < -0.4 is 5.32 Å². The third kappa shape index (κ3) is 4.27. The Morgan fingerprint density at radius 1 is 1.29 bits per heavy atom. The second-order valence-electron chi connectivity index (χ2n) is 3.11. The average molecular weight is 233 g/mol. The molecular weight excluding hydrogens is 210 g/mol. The van der Waals surface area contributed by atoms with Gasteiger partial charge in [0.15, 0.2) is 0 Å². The molecule has 1 aromatic rings. The fraction of sp³-hybridized carbons (Fsp3) is 0.267. The summed E-state index contributed by atoms with van der Waals surface area (Å²) in [5, 5.41) is 2.75. The summed E-state index contributed by atoms with van der Waals surface area (Å²) in [6.07, 6.45) is 3.47. The molecule has 0 atom stereocenters. The summed E-state index contributed by atoms with van der Waals surface area (Å²) in [4.78, 5) is 11.5. The summed E-state index contributed by atoms with van der Waals surface area (Å²) in [6, 6.07) is 5.47. The van der Waals surface area contributed by atoms with Gasteiger partial charge in [0.05, 0.1) is 0 Å². The lowest BCUT2D eigenvalue weighted by Gasteiger charge is -2.05. The zero-order valence-corrected chi connectivity index (χ0v) is 10.9. The maximum atomic E-state index is 11.5. The normalized spacial score (nSPS) is 8.65. The van der Waals surface area contributed by atoms with Gasteiger partial charge in [0.1, 0.15) is 0 Å². The first-order valence-electron chi connectivity index (χ1n) is 5.90. The van der Waals surface area contributed by atoms with Gasteiger partial charge in [-0.05, 0) is 30.2 Å². The summed E-state index contributed by atoms with van der Waals surface area (Å²) in [7, 11) is 0. The zero-order chi connectivity index (χ0) is 13.3. The van der Waals surface area contributed by atoms with Crippen molar-refractivity contribution in [1.29, 1.82) is 0 Å². The van der Waals surface area contributed by atoms with Crippen molar-refractivity contribution in [2.75, 3.05) is 6.54 Å². The average Bonchev–Trinajstić information content (AvgIpc) is 2.40. The van der Waals surface area contributed by atoms with Crippen LogP contribution in [0.25, 0.3) is 12.2 Å². The molecule has 0 saturated carbocycles. The molecule has 0 heterocycles. The Hall–Kier alpha value is -1.83. The number of carbonyl (C=O) groups is 1. The minimum atomic E-state index is -0.0591. The van der Waals surface area contributed by atoms with Crippen molar-refractivity contribution in [1.82, 2.24) is 5.32 Å². The Labute approximate surface area is 106 Å². The summed E-state index contributed by atoms with van der Waals surface area (Å²) in [6.45, 7) is 13.9. The van der Waals surface area contributed by atoms with Gasteiger partial charge in [-0.1, -0.05) is 45.2 Å². The van der Waals surface area contributed by atoms with E-state index >= 15 is 0 Å². The van der Waals surface area contributed by atoms with Gasteiger partial charge < -0.3 is 5.32 Å². The highest BCUT2D eigenvalue weighted by Gasteiger charge is 2.05. The Morgan fingerprint density at radius 2 is 1.88 bits per heavy atom. The molecule has 0 fully saturated rings. The first kappa shape index (κ1) is 15.2. The Kier molecular flexibility index (Phi) is 7.44. The Bertz CT molecular complexity index is 399. The van der Waals surface area contributed by atoms with Gasteiger partial charge in [-0.2, -0.15) is 0 Å². The van der Waals surface area contributed by atoms with Gasteiger partial charge in [-0.25, -0.2) is 0 Å². The smallest absolute Gasteiger partial charge is 0.251 e. The maximum absolute atomic E-state index is 11.5. The molecule has 0 aromatic heterocycles. The molecule has 0 unspecified atom stereocenters. The monoisotopic (exact) mass is 233 g/mol. The largest absolute Gasteiger partial charge is 0.352 e. The minimum Gasteiger partial charge on any atom is -0.352 e. The first-order valence-corrected chi connectivity index (χ1v) is 5.90. The molecule has 0 aliphatic carbocycles. The highest BCUT2D eigenvalue weighted by molar-refractivity contribution is 5.95. The second-order valence-corrected chi connectivity index (χ2v) is 3.11. The van der Waals surface area contributed by atoms with Crippen molar-refractivity contribution in [2.45, 2.75) is 20.8 Å². The van der Waals surface area contributed by atoms with Crippen molar-refractivity contribution < 1.29 is 6.22 Å². The highest BCUT2D eigenvalue weighted by Crippen LogP contribution is 2.14. The van der Waals surface area contributed by atoms with Crippen LogP contribution in [-0.4, -0.2) is 12.5 Å². The summed E-state index contributed by atoms with van der Waals surface area (Å²) < 4.78 is 0. The van der Waals surface area contributed by atoms with Gasteiger partial charge in [-0.15, -0.1) is 0 Å². The van der Waals surface area contributed by atoms with Crippen molar-refractivity contribution in [3.63, 3.8) is 0 Å². The van der Waals surface area contributed by atoms with E-state index in [4.69, 9.17) is 0 Å². The molecule has 1 aromatic carbocycles. The molecule has 0 spiro atoms.